The molecule has 1 aliphatic rings. The lowest BCUT2D eigenvalue weighted by molar-refractivity contribution is -0.121. The van der Waals surface area contributed by atoms with Gasteiger partial charge in [-0.15, -0.1) is 0 Å². The molecule has 20 heavy (non-hydrogen) atoms. The van der Waals surface area contributed by atoms with Crippen molar-refractivity contribution >= 4 is 17.2 Å². The highest BCUT2D eigenvalue weighted by molar-refractivity contribution is 7.07. The van der Waals surface area contributed by atoms with Gasteiger partial charge < -0.3 is 15.1 Å². The average Bonchev–Trinajstić information content (AvgIpc) is 2.96. The van der Waals surface area contributed by atoms with E-state index in [9.17, 15) is 4.79 Å². The van der Waals surface area contributed by atoms with Gasteiger partial charge in [0.1, 0.15) is 0 Å². The van der Waals surface area contributed by atoms with Gasteiger partial charge in [0, 0.05) is 39.1 Å². The lowest BCUT2D eigenvalue weighted by atomic mass is 10.2. The predicted molar refractivity (Wildman–Crippen MR) is 84.2 cm³/mol. The van der Waals surface area contributed by atoms with Crippen LogP contribution in [0, 0.1) is 0 Å². The monoisotopic (exact) mass is 295 g/mol. The maximum atomic E-state index is 11.7. The van der Waals surface area contributed by atoms with Gasteiger partial charge in [0.15, 0.2) is 0 Å². The van der Waals surface area contributed by atoms with Gasteiger partial charge in [0.05, 0.1) is 0 Å². The summed E-state index contributed by atoms with van der Waals surface area (Å²) in [5.74, 6) is 0.176. The Labute approximate surface area is 125 Å². The first-order valence-corrected chi connectivity index (χ1v) is 8.37. The molecule has 1 aromatic heterocycles. The molecule has 1 aliphatic heterocycles. The summed E-state index contributed by atoms with van der Waals surface area (Å²) >= 11 is 1.69. The van der Waals surface area contributed by atoms with Gasteiger partial charge in [0.25, 0.3) is 0 Å². The van der Waals surface area contributed by atoms with Crippen molar-refractivity contribution in [3.8, 4) is 0 Å². The number of amides is 1. The molecule has 2 heterocycles. The van der Waals surface area contributed by atoms with Crippen molar-refractivity contribution in [1.29, 1.82) is 0 Å². The second-order valence-electron chi connectivity index (χ2n) is 5.48. The van der Waals surface area contributed by atoms with Crippen molar-refractivity contribution in [3.63, 3.8) is 0 Å². The third kappa shape index (κ3) is 5.61. The van der Waals surface area contributed by atoms with E-state index in [1.165, 1.54) is 5.56 Å². The Balaban J connectivity index is 1.49. The number of hydrogen-bond acceptors (Lipinski definition) is 4. The van der Waals surface area contributed by atoms with E-state index in [2.05, 4.69) is 39.0 Å². The molecule has 0 unspecified atom stereocenters. The van der Waals surface area contributed by atoms with E-state index < -0.39 is 0 Å². The molecular weight excluding hydrogens is 270 g/mol. The minimum atomic E-state index is 0.176. The molecular formula is C15H25N3OS. The molecule has 1 amide bonds. The molecule has 0 radical (unpaired) electrons. The fraction of sp³-hybridized carbons (Fsp3) is 0.667. The van der Waals surface area contributed by atoms with Crippen LogP contribution < -0.4 is 5.32 Å². The second kappa shape index (κ2) is 8.39. The highest BCUT2D eigenvalue weighted by Gasteiger charge is 2.12. The molecule has 0 aliphatic carbocycles. The molecule has 5 heteroatoms. The first-order valence-electron chi connectivity index (χ1n) is 7.43. The van der Waals surface area contributed by atoms with Crippen LogP contribution in [0.5, 0.6) is 0 Å². The van der Waals surface area contributed by atoms with Gasteiger partial charge >= 0.3 is 0 Å². The molecule has 0 spiro atoms. The molecule has 0 saturated carbocycles. The van der Waals surface area contributed by atoms with E-state index >= 15 is 0 Å². The smallest absolute Gasteiger partial charge is 0.220 e. The van der Waals surface area contributed by atoms with Crippen molar-refractivity contribution in [1.82, 2.24) is 15.1 Å². The van der Waals surface area contributed by atoms with Crippen LogP contribution in [0.2, 0.25) is 0 Å². The van der Waals surface area contributed by atoms with Gasteiger partial charge in [-0.3, -0.25) is 4.79 Å². The standard InChI is InChI=1S/C15H25N3OS/c1-17-8-10-18(11-9-17)7-2-6-16-15(19)4-3-14-5-12-20-13-14/h5,12-13H,2-4,6-11H2,1H3,(H,16,19). The lowest BCUT2D eigenvalue weighted by Crippen LogP contribution is -2.45. The van der Waals surface area contributed by atoms with Crippen molar-refractivity contribution in [3.05, 3.63) is 22.4 Å². The van der Waals surface area contributed by atoms with E-state index in [4.69, 9.17) is 0 Å². The lowest BCUT2D eigenvalue weighted by Gasteiger charge is -2.32. The number of nitrogens with one attached hydrogen (secondary N) is 1. The fourth-order valence-corrected chi connectivity index (χ4v) is 3.09. The Hall–Kier alpha value is -0.910. The Kier molecular flexibility index (Phi) is 6.50. The van der Waals surface area contributed by atoms with Gasteiger partial charge in [-0.05, 0) is 48.8 Å². The van der Waals surface area contributed by atoms with Crippen LogP contribution in [0.25, 0.3) is 0 Å². The average molecular weight is 295 g/mol. The highest BCUT2D eigenvalue weighted by atomic mass is 32.1. The number of thiophene rings is 1. The number of likely N-dealkylation sites (N-methyl/N-ethyl adjacent to an activating group) is 1. The topological polar surface area (TPSA) is 35.6 Å². The number of hydrogen-bond donors (Lipinski definition) is 1. The molecule has 1 aromatic rings. The van der Waals surface area contributed by atoms with Crippen LogP contribution in [-0.4, -0.2) is 62.0 Å². The SMILES string of the molecule is CN1CCN(CCCNC(=O)CCc2ccsc2)CC1. The summed E-state index contributed by atoms with van der Waals surface area (Å²) in [5, 5.41) is 7.19. The molecule has 0 bridgehead atoms. The molecule has 2 rings (SSSR count). The van der Waals surface area contributed by atoms with Crippen molar-refractivity contribution in [2.45, 2.75) is 19.3 Å². The highest BCUT2D eigenvalue weighted by Crippen LogP contribution is 2.08. The van der Waals surface area contributed by atoms with Gasteiger partial charge in [-0.25, -0.2) is 0 Å². The number of carbonyl (C=O) groups is 1. The minimum Gasteiger partial charge on any atom is -0.356 e. The van der Waals surface area contributed by atoms with Crippen molar-refractivity contribution < 1.29 is 4.79 Å². The first kappa shape index (κ1) is 15.5. The Bertz CT molecular complexity index is 386. The van der Waals surface area contributed by atoms with Crippen LogP contribution in [-0.2, 0) is 11.2 Å². The molecule has 0 atom stereocenters. The molecule has 4 nitrogen and oxygen atoms in total. The maximum Gasteiger partial charge on any atom is 0.220 e. The zero-order valence-corrected chi connectivity index (χ0v) is 13.1. The largest absolute Gasteiger partial charge is 0.356 e. The molecule has 112 valence electrons. The summed E-state index contributed by atoms with van der Waals surface area (Å²) < 4.78 is 0. The normalized spacial score (nSPS) is 17.2. The molecule has 1 saturated heterocycles. The number of aryl methyl sites for hydroxylation is 1. The van der Waals surface area contributed by atoms with E-state index in [1.807, 2.05) is 0 Å². The van der Waals surface area contributed by atoms with Crippen molar-refractivity contribution in [2.75, 3.05) is 46.3 Å². The minimum absolute atomic E-state index is 0.176. The van der Waals surface area contributed by atoms with Crippen LogP contribution in [0.3, 0.4) is 0 Å². The third-order valence-electron chi connectivity index (χ3n) is 3.79. The summed E-state index contributed by atoms with van der Waals surface area (Å²) in [6.07, 6.45) is 2.51. The summed E-state index contributed by atoms with van der Waals surface area (Å²) in [4.78, 5) is 16.6. The quantitative estimate of drug-likeness (QED) is 0.773. The van der Waals surface area contributed by atoms with E-state index in [0.29, 0.717) is 6.42 Å². The summed E-state index contributed by atoms with van der Waals surface area (Å²) in [6.45, 7) is 6.53. The zero-order chi connectivity index (χ0) is 14.2. The number of piperazine rings is 1. The Morgan fingerprint density at radius 3 is 2.85 bits per heavy atom. The number of nitrogens with zero attached hydrogens (tertiary/aromatic N) is 2. The second-order valence-corrected chi connectivity index (χ2v) is 6.26. The van der Waals surface area contributed by atoms with E-state index in [-0.39, 0.29) is 5.91 Å². The van der Waals surface area contributed by atoms with Gasteiger partial charge in [0.2, 0.25) is 5.91 Å². The number of carbonyl (C=O) groups excluding carboxylic acids is 1. The Morgan fingerprint density at radius 1 is 1.35 bits per heavy atom. The molecule has 0 aromatic carbocycles. The first-order chi connectivity index (χ1) is 9.74. The predicted octanol–water partition coefficient (Wildman–Crippen LogP) is 1.43. The summed E-state index contributed by atoms with van der Waals surface area (Å²) in [5.41, 5.74) is 1.27. The fourth-order valence-electron chi connectivity index (χ4n) is 2.38. The van der Waals surface area contributed by atoms with E-state index in [1.54, 1.807) is 11.3 Å². The third-order valence-corrected chi connectivity index (χ3v) is 4.52. The van der Waals surface area contributed by atoms with Crippen LogP contribution in [0.1, 0.15) is 18.4 Å². The van der Waals surface area contributed by atoms with Gasteiger partial charge in [-0.2, -0.15) is 11.3 Å². The zero-order valence-electron chi connectivity index (χ0n) is 12.3. The molecule has 1 fully saturated rings. The van der Waals surface area contributed by atoms with Crippen molar-refractivity contribution in [2.24, 2.45) is 0 Å². The summed E-state index contributed by atoms with van der Waals surface area (Å²) in [7, 11) is 2.17. The maximum absolute atomic E-state index is 11.7. The Morgan fingerprint density at radius 2 is 2.15 bits per heavy atom. The number of rotatable bonds is 7. The van der Waals surface area contributed by atoms with E-state index in [0.717, 1.165) is 52.1 Å². The van der Waals surface area contributed by atoms with Crippen LogP contribution in [0.15, 0.2) is 16.8 Å². The molecule has 1 N–H and O–H groups in total. The van der Waals surface area contributed by atoms with Crippen LogP contribution in [0.4, 0.5) is 0 Å². The van der Waals surface area contributed by atoms with Crippen LogP contribution >= 0.6 is 11.3 Å². The van der Waals surface area contributed by atoms with Gasteiger partial charge in [-0.1, -0.05) is 0 Å². The summed E-state index contributed by atoms with van der Waals surface area (Å²) in [6, 6.07) is 2.09.